The fourth-order valence-corrected chi connectivity index (χ4v) is 1.96. The highest BCUT2D eigenvalue weighted by Crippen LogP contribution is 2.16. The second kappa shape index (κ2) is 4.65. The van der Waals surface area contributed by atoms with Crippen LogP contribution in [0.2, 0.25) is 0 Å². The Hall–Kier alpha value is -1.36. The number of hydrogen-bond acceptors (Lipinski definition) is 3. The molecule has 16 heavy (non-hydrogen) atoms. The van der Waals surface area contributed by atoms with Crippen molar-refractivity contribution in [3.8, 4) is 0 Å². The number of carbonyl (C=O) groups excluding carboxylic acids is 1. The molecule has 1 aromatic heterocycles. The molecule has 1 aromatic rings. The fraction of sp³-hybridized carbons (Fsp3) is 0.636. The summed E-state index contributed by atoms with van der Waals surface area (Å²) in [7, 11) is 3.48. The summed E-state index contributed by atoms with van der Waals surface area (Å²) in [6, 6.07) is 0.435. The highest BCUT2D eigenvalue weighted by molar-refractivity contribution is 5.91. The number of imidazole rings is 1. The summed E-state index contributed by atoms with van der Waals surface area (Å²) >= 11 is 0. The molecule has 88 valence electrons. The van der Waals surface area contributed by atoms with Crippen molar-refractivity contribution in [3.05, 3.63) is 18.2 Å². The third-order valence-electron chi connectivity index (χ3n) is 2.92. The van der Waals surface area contributed by atoms with Crippen molar-refractivity contribution in [2.45, 2.75) is 18.9 Å². The molecular weight excluding hydrogens is 204 g/mol. The van der Waals surface area contributed by atoms with E-state index < -0.39 is 0 Å². The molecular formula is C11H18N4O. The van der Waals surface area contributed by atoms with E-state index in [0.29, 0.717) is 11.7 Å². The normalized spacial score (nSPS) is 20.8. The van der Waals surface area contributed by atoms with Gasteiger partial charge in [-0.1, -0.05) is 0 Å². The van der Waals surface area contributed by atoms with Crippen molar-refractivity contribution in [2.24, 2.45) is 0 Å². The lowest BCUT2D eigenvalue weighted by molar-refractivity contribution is 0.0822. The number of piperidine rings is 1. The molecule has 2 heterocycles. The first-order valence-electron chi connectivity index (χ1n) is 5.64. The number of carbonyl (C=O) groups is 1. The zero-order valence-electron chi connectivity index (χ0n) is 9.81. The Labute approximate surface area is 95.5 Å². The summed E-state index contributed by atoms with van der Waals surface area (Å²) < 4.78 is 2.04. The summed E-state index contributed by atoms with van der Waals surface area (Å²) in [5.41, 5.74) is 0.524. The van der Waals surface area contributed by atoms with E-state index in [0.717, 1.165) is 19.5 Å². The molecule has 1 fully saturated rings. The summed E-state index contributed by atoms with van der Waals surface area (Å²) in [4.78, 5) is 17.4. The average molecular weight is 222 g/mol. The second-order valence-electron chi connectivity index (χ2n) is 4.41. The SMILES string of the molecule is CN(C)C(=O)c1cn(C2CCCNC2)cn1. The first kappa shape index (κ1) is 11.1. The van der Waals surface area contributed by atoms with Crippen molar-refractivity contribution in [3.63, 3.8) is 0 Å². The van der Waals surface area contributed by atoms with Crippen LogP contribution in [0.5, 0.6) is 0 Å². The van der Waals surface area contributed by atoms with E-state index in [1.807, 2.05) is 10.8 Å². The van der Waals surface area contributed by atoms with Gasteiger partial charge in [-0.2, -0.15) is 0 Å². The van der Waals surface area contributed by atoms with Gasteiger partial charge in [0.1, 0.15) is 5.69 Å². The lowest BCUT2D eigenvalue weighted by Gasteiger charge is -2.23. The zero-order chi connectivity index (χ0) is 11.5. The minimum Gasteiger partial charge on any atom is -0.343 e. The van der Waals surface area contributed by atoms with Gasteiger partial charge in [-0.05, 0) is 19.4 Å². The van der Waals surface area contributed by atoms with Crippen LogP contribution in [0.4, 0.5) is 0 Å². The van der Waals surface area contributed by atoms with Gasteiger partial charge in [0.15, 0.2) is 0 Å². The molecule has 0 bridgehead atoms. The van der Waals surface area contributed by atoms with E-state index in [-0.39, 0.29) is 5.91 Å². The molecule has 0 spiro atoms. The molecule has 0 radical (unpaired) electrons. The number of nitrogens with one attached hydrogen (secondary N) is 1. The largest absolute Gasteiger partial charge is 0.343 e. The summed E-state index contributed by atoms with van der Waals surface area (Å²) in [5.74, 6) is -0.0393. The van der Waals surface area contributed by atoms with E-state index in [1.54, 1.807) is 25.3 Å². The number of hydrogen-bond donors (Lipinski definition) is 1. The monoisotopic (exact) mass is 222 g/mol. The highest BCUT2D eigenvalue weighted by atomic mass is 16.2. The van der Waals surface area contributed by atoms with Crippen LogP contribution in [0.1, 0.15) is 29.4 Å². The molecule has 1 aliphatic heterocycles. The molecule has 0 aliphatic carbocycles. The van der Waals surface area contributed by atoms with Gasteiger partial charge in [0.25, 0.3) is 5.91 Å². The zero-order valence-corrected chi connectivity index (χ0v) is 9.81. The Kier molecular flexibility index (Phi) is 3.24. The Morgan fingerprint density at radius 2 is 2.44 bits per heavy atom. The van der Waals surface area contributed by atoms with Crippen molar-refractivity contribution in [1.29, 1.82) is 0 Å². The fourth-order valence-electron chi connectivity index (χ4n) is 1.96. The first-order valence-corrected chi connectivity index (χ1v) is 5.64. The Bertz CT molecular complexity index is 366. The van der Waals surface area contributed by atoms with Crippen LogP contribution in [-0.4, -0.2) is 47.5 Å². The minimum atomic E-state index is -0.0393. The van der Waals surface area contributed by atoms with Crippen LogP contribution in [0.3, 0.4) is 0 Å². The molecule has 0 saturated carbocycles. The molecule has 1 aliphatic rings. The molecule has 1 amide bonds. The van der Waals surface area contributed by atoms with Gasteiger partial charge >= 0.3 is 0 Å². The molecule has 2 rings (SSSR count). The number of amides is 1. The van der Waals surface area contributed by atoms with Crippen molar-refractivity contribution in [1.82, 2.24) is 19.8 Å². The van der Waals surface area contributed by atoms with Crippen LogP contribution >= 0.6 is 0 Å². The van der Waals surface area contributed by atoms with Gasteiger partial charge in [0, 0.05) is 32.9 Å². The van der Waals surface area contributed by atoms with Gasteiger partial charge < -0.3 is 14.8 Å². The van der Waals surface area contributed by atoms with Gasteiger partial charge in [-0.15, -0.1) is 0 Å². The number of rotatable bonds is 2. The summed E-state index contributed by atoms with van der Waals surface area (Å²) in [6.45, 7) is 2.06. The predicted molar refractivity (Wildman–Crippen MR) is 61.4 cm³/mol. The molecule has 1 saturated heterocycles. The van der Waals surface area contributed by atoms with Gasteiger partial charge in [0.2, 0.25) is 0 Å². The topological polar surface area (TPSA) is 50.2 Å². The molecule has 0 aromatic carbocycles. The first-order chi connectivity index (χ1) is 7.68. The third kappa shape index (κ3) is 2.24. The summed E-state index contributed by atoms with van der Waals surface area (Å²) in [5, 5.41) is 3.35. The van der Waals surface area contributed by atoms with E-state index >= 15 is 0 Å². The average Bonchev–Trinajstić information content (AvgIpc) is 2.78. The smallest absolute Gasteiger partial charge is 0.273 e. The minimum absolute atomic E-state index is 0.0393. The second-order valence-corrected chi connectivity index (χ2v) is 4.41. The quantitative estimate of drug-likeness (QED) is 0.793. The van der Waals surface area contributed by atoms with E-state index in [4.69, 9.17) is 0 Å². The van der Waals surface area contributed by atoms with Crippen LogP contribution < -0.4 is 5.32 Å². The molecule has 5 heteroatoms. The van der Waals surface area contributed by atoms with E-state index in [2.05, 4.69) is 10.3 Å². The van der Waals surface area contributed by atoms with Crippen LogP contribution in [0.25, 0.3) is 0 Å². The highest BCUT2D eigenvalue weighted by Gasteiger charge is 2.17. The van der Waals surface area contributed by atoms with E-state index in [9.17, 15) is 4.79 Å². The van der Waals surface area contributed by atoms with Crippen molar-refractivity contribution in [2.75, 3.05) is 27.2 Å². The Balaban J connectivity index is 2.09. The molecule has 1 unspecified atom stereocenters. The number of nitrogens with zero attached hydrogens (tertiary/aromatic N) is 3. The maximum absolute atomic E-state index is 11.7. The van der Waals surface area contributed by atoms with Gasteiger partial charge in [-0.3, -0.25) is 4.79 Å². The van der Waals surface area contributed by atoms with Crippen LogP contribution in [0, 0.1) is 0 Å². The molecule has 1 N–H and O–H groups in total. The van der Waals surface area contributed by atoms with Gasteiger partial charge in [-0.25, -0.2) is 4.98 Å². The van der Waals surface area contributed by atoms with E-state index in [1.165, 1.54) is 6.42 Å². The van der Waals surface area contributed by atoms with Crippen molar-refractivity contribution < 1.29 is 4.79 Å². The molecule has 1 atom stereocenters. The number of aromatic nitrogens is 2. The van der Waals surface area contributed by atoms with Gasteiger partial charge in [0.05, 0.1) is 6.33 Å². The van der Waals surface area contributed by atoms with Crippen LogP contribution in [-0.2, 0) is 0 Å². The van der Waals surface area contributed by atoms with Crippen LogP contribution in [0.15, 0.2) is 12.5 Å². The standard InChI is InChI=1S/C11H18N4O/c1-14(2)11(16)10-7-15(8-13-10)9-4-3-5-12-6-9/h7-9,12H,3-6H2,1-2H3. The molecule has 5 nitrogen and oxygen atoms in total. The third-order valence-corrected chi connectivity index (χ3v) is 2.92. The lowest BCUT2D eigenvalue weighted by atomic mass is 10.1. The Morgan fingerprint density at radius 3 is 3.06 bits per heavy atom. The maximum Gasteiger partial charge on any atom is 0.273 e. The summed E-state index contributed by atoms with van der Waals surface area (Å²) in [6.07, 6.45) is 5.94. The van der Waals surface area contributed by atoms with Crippen molar-refractivity contribution >= 4 is 5.91 Å². The Morgan fingerprint density at radius 1 is 1.62 bits per heavy atom. The maximum atomic E-state index is 11.7. The lowest BCUT2D eigenvalue weighted by Crippen LogP contribution is -2.31. The predicted octanol–water partition coefficient (Wildman–Crippen LogP) is 0.509.